The van der Waals surface area contributed by atoms with Gasteiger partial charge in [-0.25, -0.2) is 13.9 Å². The van der Waals surface area contributed by atoms with Crippen LogP contribution in [0.15, 0.2) is 48.7 Å². The molecule has 0 spiro atoms. The predicted molar refractivity (Wildman–Crippen MR) is 137 cm³/mol. The van der Waals surface area contributed by atoms with Crippen LogP contribution in [0.5, 0.6) is 0 Å². The van der Waals surface area contributed by atoms with Gasteiger partial charge < -0.3 is 15.4 Å². The lowest BCUT2D eigenvalue weighted by molar-refractivity contribution is 0.0847. The number of hydrogen-bond acceptors (Lipinski definition) is 7. The lowest BCUT2D eigenvalue weighted by Crippen LogP contribution is -2.16. The highest BCUT2D eigenvalue weighted by molar-refractivity contribution is 7.77. The number of aromatic nitrogens is 4. The summed E-state index contributed by atoms with van der Waals surface area (Å²) in [5, 5.41) is 15.6. The third-order valence-electron chi connectivity index (χ3n) is 5.87. The summed E-state index contributed by atoms with van der Waals surface area (Å²) >= 11 is 4.23. The van der Waals surface area contributed by atoms with E-state index in [1.807, 2.05) is 36.4 Å². The number of rotatable bonds is 8. The van der Waals surface area contributed by atoms with Crippen LogP contribution < -0.4 is 15.4 Å². The molecular formula is C23H24ClN7O3S. The second kappa shape index (κ2) is 10.7. The number of nitrogens with one attached hydrogen (secondary N) is 4. The van der Waals surface area contributed by atoms with E-state index in [2.05, 4.69) is 41.6 Å². The number of hydrogen-bond donors (Lipinski definition) is 5. The number of anilines is 4. The summed E-state index contributed by atoms with van der Waals surface area (Å²) in [6.07, 6.45) is 3.49. The van der Waals surface area contributed by atoms with E-state index in [4.69, 9.17) is 20.9 Å². The Morgan fingerprint density at radius 2 is 2.00 bits per heavy atom. The van der Waals surface area contributed by atoms with Gasteiger partial charge in [-0.1, -0.05) is 29.8 Å². The Bertz CT molecular complexity index is 1360. The fourth-order valence-electron chi connectivity index (χ4n) is 4.12. The van der Waals surface area contributed by atoms with Crippen molar-refractivity contribution >= 4 is 56.9 Å². The summed E-state index contributed by atoms with van der Waals surface area (Å²) in [7, 11) is 0. The maximum atomic E-state index is 11.0. The Morgan fingerprint density at radius 1 is 1.17 bits per heavy atom. The summed E-state index contributed by atoms with van der Waals surface area (Å²) in [5.41, 5.74) is 4.30. The minimum Gasteiger partial charge on any atom is -0.381 e. The van der Waals surface area contributed by atoms with E-state index in [0.29, 0.717) is 28.4 Å². The van der Waals surface area contributed by atoms with Gasteiger partial charge in [-0.3, -0.25) is 9.65 Å². The molecule has 1 saturated heterocycles. The van der Waals surface area contributed by atoms with Crippen molar-refractivity contribution in [2.75, 3.05) is 23.8 Å². The highest BCUT2D eigenvalue weighted by Crippen LogP contribution is 2.32. The molecule has 1 aliphatic heterocycles. The molecule has 35 heavy (non-hydrogen) atoms. The van der Waals surface area contributed by atoms with Gasteiger partial charge in [0.2, 0.25) is 17.2 Å². The molecule has 1 aliphatic rings. The molecule has 1 fully saturated rings. The molecule has 1 atom stereocenters. The average Bonchev–Trinajstić information content (AvgIpc) is 3.29. The van der Waals surface area contributed by atoms with Crippen LogP contribution in [0.25, 0.3) is 10.9 Å². The molecule has 0 radical (unpaired) electrons. The fourth-order valence-corrected chi connectivity index (χ4v) is 4.53. The van der Waals surface area contributed by atoms with Gasteiger partial charge in [0.1, 0.15) is 5.02 Å². The van der Waals surface area contributed by atoms with Gasteiger partial charge in [0.25, 0.3) is 0 Å². The summed E-state index contributed by atoms with van der Waals surface area (Å²) < 4.78 is 28.0. The first-order valence-electron chi connectivity index (χ1n) is 11.1. The van der Waals surface area contributed by atoms with Gasteiger partial charge in [0.15, 0.2) is 5.82 Å². The van der Waals surface area contributed by atoms with Gasteiger partial charge >= 0.3 is 0 Å². The van der Waals surface area contributed by atoms with E-state index in [1.165, 1.54) is 6.20 Å². The molecule has 0 bridgehead atoms. The van der Waals surface area contributed by atoms with Gasteiger partial charge in [-0.05, 0) is 42.7 Å². The van der Waals surface area contributed by atoms with Crippen LogP contribution in [0.2, 0.25) is 5.02 Å². The molecule has 2 aromatic heterocycles. The number of benzene rings is 2. The zero-order chi connectivity index (χ0) is 24.2. The minimum atomic E-state index is -2.11. The number of fused-ring (bicyclic) bond motifs is 1. The molecule has 1 unspecified atom stereocenters. The molecular weight excluding hydrogens is 490 g/mol. The van der Waals surface area contributed by atoms with E-state index in [9.17, 15) is 4.21 Å². The molecule has 5 rings (SSSR count). The maximum absolute atomic E-state index is 11.0. The summed E-state index contributed by atoms with van der Waals surface area (Å²) in [4.78, 5) is 8.82. The monoisotopic (exact) mass is 513 g/mol. The zero-order valence-corrected chi connectivity index (χ0v) is 20.2. The van der Waals surface area contributed by atoms with E-state index in [-0.39, 0.29) is 6.54 Å². The Hall–Kier alpha value is -3.09. The predicted octanol–water partition coefficient (Wildman–Crippen LogP) is 4.61. The number of nitrogens with zero attached hydrogens (tertiary/aromatic N) is 3. The molecule has 0 aliphatic carbocycles. The average molecular weight is 514 g/mol. The lowest BCUT2D eigenvalue weighted by atomic mass is 9.94. The van der Waals surface area contributed by atoms with E-state index >= 15 is 0 Å². The Balaban J connectivity index is 1.34. The third-order valence-corrected chi connectivity index (χ3v) is 6.54. The van der Waals surface area contributed by atoms with Crippen LogP contribution in [0.3, 0.4) is 0 Å². The van der Waals surface area contributed by atoms with Crippen molar-refractivity contribution < 1.29 is 13.5 Å². The van der Waals surface area contributed by atoms with Gasteiger partial charge in [-0.2, -0.15) is 10.1 Å². The largest absolute Gasteiger partial charge is 0.381 e. The first-order valence-corrected chi connectivity index (χ1v) is 12.6. The van der Waals surface area contributed by atoms with Crippen LogP contribution >= 0.6 is 11.6 Å². The molecule has 12 heteroatoms. The fraction of sp³-hybridized carbons (Fsp3) is 0.261. The van der Waals surface area contributed by atoms with Crippen molar-refractivity contribution in [3.05, 3.63) is 64.9 Å². The van der Waals surface area contributed by atoms with E-state index in [1.54, 1.807) is 0 Å². The smallest absolute Gasteiger partial charge is 0.232 e. The Kier molecular flexibility index (Phi) is 7.21. The van der Waals surface area contributed by atoms with Crippen LogP contribution in [0.1, 0.15) is 30.0 Å². The quantitative estimate of drug-likeness (QED) is 0.215. The number of ether oxygens (including phenoxy) is 1. The topological polar surface area (TPSA) is 137 Å². The van der Waals surface area contributed by atoms with Crippen molar-refractivity contribution in [3.8, 4) is 0 Å². The highest BCUT2D eigenvalue weighted by atomic mass is 35.5. The van der Waals surface area contributed by atoms with E-state index in [0.717, 1.165) is 53.9 Å². The Morgan fingerprint density at radius 3 is 2.83 bits per heavy atom. The maximum Gasteiger partial charge on any atom is 0.232 e. The van der Waals surface area contributed by atoms with Crippen LogP contribution in [-0.2, 0) is 22.5 Å². The standard InChI is InChI=1S/C23H24ClN7O3S/c24-18-13-25-23(29-22(18)28-19-4-2-1-3-15(19)12-26-35(32)33)27-16-5-6-17-20(11-16)30-31-21(17)14-7-9-34-10-8-14/h1-6,11,13-14,26H,7-10,12H2,(H,30,31)(H,32,33)(H2,25,27,28,29). The number of halogens is 1. The van der Waals surface area contributed by atoms with Crippen molar-refractivity contribution in [3.63, 3.8) is 0 Å². The SMILES string of the molecule is O=S(O)NCc1ccccc1Nc1nc(Nc2ccc3c(C4CCOCC4)[nH]nc3c2)ncc1Cl. The molecule has 0 amide bonds. The van der Waals surface area contributed by atoms with Gasteiger partial charge in [-0.15, -0.1) is 0 Å². The second-order valence-electron chi connectivity index (χ2n) is 8.12. The van der Waals surface area contributed by atoms with Gasteiger partial charge in [0.05, 0.1) is 11.7 Å². The summed E-state index contributed by atoms with van der Waals surface area (Å²) in [6, 6.07) is 13.3. The van der Waals surface area contributed by atoms with Crippen LogP contribution in [0, 0.1) is 0 Å². The highest BCUT2D eigenvalue weighted by Gasteiger charge is 2.20. The van der Waals surface area contributed by atoms with Crippen LogP contribution in [-0.4, -0.2) is 42.1 Å². The van der Waals surface area contributed by atoms with Crippen molar-refractivity contribution in [1.29, 1.82) is 0 Å². The lowest BCUT2D eigenvalue weighted by Gasteiger charge is -2.21. The number of H-pyrrole nitrogens is 1. The van der Waals surface area contributed by atoms with Crippen LogP contribution in [0.4, 0.5) is 23.1 Å². The first kappa shape index (κ1) is 23.6. The molecule has 0 saturated carbocycles. The van der Waals surface area contributed by atoms with E-state index < -0.39 is 11.3 Å². The Labute approximate surface area is 209 Å². The molecule has 182 valence electrons. The summed E-state index contributed by atoms with van der Waals surface area (Å²) in [6.45, 7) is 1.74. The van der Waals surface area contributed by atoms with Crippen molar-refractivity contribution in [1.82, 2.24) is 24.9 Å². The normalized spacial score (nSPS) is 15.3. The first-order chi connectivity index (χ1) is 17.1. The molecule has 5 N–H and O–H groups in total. The van der Waals surface area contributed by atoms with Crippen molar-refractivity contribution in [2.45, 2.75) is 25.3 Å². The number of para-hydroxylation sites is 1. The molecule has 4 aromatic rings. The second-order valence-corrected chi connectivity index (χ2v) is 9.32. The zero-order valence-electron chi connectivity index (χ0n) is 18.6. The van der Waals surface area contributed by atoms with Crippen molar-refractivity contribution in [2.24, 2.45) is 0 Å². The number of aromatic amines is 1. The third kappa shape index (κ3) is 5.60. The molecule has 10 nitrogen and oxygen atoms in total. The summed E-state index contributed by atoms with van der Waals surface area (Å²) in [5.74, 6) is 1.20. The molecule has 3 heterocycles. The minimum absolute atomic E-state index is 0.194. The van der Waals surface area contributed by atoms with Gasteiger partial charge in [0, 0.05) is 48.1 Å². The molecule has 2 aromatic carbocycles.